The SMILES string of the molecule is Cc1ccc2c(c1)C(N1CCN(C(=O)Nc3cccc(F)c3)[C@@H](C)C1)=Nc1ccccc1O2. The van der Waals surface area contributed by atoms with Gasteiger partial charge in [0.15, 0.2) is 5.75 Å². The van der Waals surface area contributed by atoms with Crippen molar-refractivity contribution >= 4 is 23.2 Å². The summed E-state index contributed by atoms with van der Waals surface area (Å²) in [5.41, 5.74) is 3.29. The van der Waals surface area contributed by atoms with Crippen LogP contribution in [0.1, 0.15) is 18.1 Å². The summed E-state index contributed by atoms with van der Waals surface area (Å²) < 4.78 is 19.7. The van der Waals surface area contributed by atoms with Gasteiger partial charge < -0.3 is 19.9 Å². The van der Waals surface area contributed by atoms with Crippen molar-refractivity contribution < 1.29 is 13.9 Å². The monoisotopic (exact) mass is 444 g/mol. The topological polar surface area (TPSA) is 57.2 Å². The van der Waals surface area contributed by atoms with Crippen molar-refractivity contribution in [3.8, 4) is 11.5 Å². The van der Waals surface area contributed by atoms with Crippen LogP contribution in [0.3, 0.4) is 0 Å². The van der Waals surface area contributed by atoms with Gasteiger partial charge in [-0.1, -0.05) is 29.8 Å². The predicted octanol–water partition coefficient (Wildman–Crippen LogP) is 5.56. The number of benzene rings is 3. The Morgan fingerprint density at radius 3 is 2.73 bits per heavy atom. The van der Waals surface area contributed by atoms with Gasteiger partial charge in [-0.2, -0.15) is 0 Å². The number of fused-ring (bicyclic) bond motifs is 2. The average Bonchev–Trinajstić information content (AvgIpc) is 2.95. The van der Waals surface area contributed by atoms with Gasteiger partial charge in [0.1, 0.15) is 23.1 Å². The van der Waals surface area contributed by atoms with E-state index in [4.69, 9.17) is 9.73 Å². The van der Waals surface area contributed by atoms with E-state index in [9.17, 15) is 9.18 Å². The van der Waals surface area contributed by atoms with Gasteiger partial charge in [0.2, 0.25) is 0 Å². The lowest BCUT2D eigenvalue weighted by Gasteiger charge is -2.41. The van der Waals surface area contributed by atoms with Crippen molar-refractivity contribution in [2.75, 3.05) is 25.0 Å². The van der Waals surface area contributed by atoms with E-state index in [0.29, 0.717) is 25.3 Å². The maximum Gasteiger partial charge on any atom is 0.322 e. The van der Waals surface area contributed by atoms with E-state index in [2.05, 4.69) is 16.3 Å². The fourth-order valence-electron chi connectivity index (χ4n) is 4.29. The highest BCUT2D eigenvalue weighted by atomic mass is 19.1. The molecule has 1 saturated heterocycles. The maximum atomic E-state index is 13.5. The van der Waals surface area contributed by atoms with Gasteiger partial charge in [0.05, 0.1) is 5.56 Å². The largest absolute Gasteiger partial charge is 0.454 e. The Labute approximate surface area is 192 Å². The molecule has 0 spiro atoms. The highest BCUT2D eigenvalue weighted by Gasteiger charge is 2.31. The van der Waals surface area contributed by atoms with Crippen LogP contribution in [-0.4, -0.2) is 47.3 Å². The number of anilines is 1. The number of halogens is 1. The summed E-state index contributed by atoms with van der Waals surface area (Å²) in [6.07, 6.45) is 0. The summed E-state index contributed by atoms with van der Waals surface area (Å²) in [6.45, 7) is 5.81. The minimum Gasteiger partial charge on any atom is -0.454 e. The van der Waals surface area contributed by atoms with Crippen molar-refractivity contribution in [1.82, 2.24) is 9.80 Å². The summed E-state index contributed by atoms with van der Waals surface area (Å²) in [4.78, 5) is 21.8. The van der Waals surface area contributed by atoms with Gasteiger partial charge in [-0.25, -0.2) is 14.2 Å². The Kier molecular flexibility index (Phi) is 5.46. The summed E-state index contributed by atoms with van der Waals surface area (Å²) in [5, 5.41) is 2.80. The van der Waals surface area contributed by atoms with Crippen molar-refractivity contribution in [1.29, 1.82) is 0 Å². The summed E-state index contributed by atoms with van der Waals surface area (Å²) in [5.74, 6) is 1.95. The van der Waals surface area contributed by atoms with Gasteiger partial charge >= 0.3 is 6.03 Å². The van der Waals surface area contributed by atoms with Crippen LogP contribution in [0.2, 0.25) is 0 Å². The zero-order chi connectivity index (χ0) is 22.9. The maximum absolute atomic E-state index is 13.5. The lowest BCUT2D eigenvalue weighted by Crippen LogP contribution is -2.56. The van der Waals surface area contributed by atoms with Crippen LogP contribution in [0.25, 0.3) is 0 Å². The van der Waals surface area contributed by atoms with Crippen LogP contribution < -0.4 is 10.1 Å². The van der Waals surface area contributed by atoms with Crippen LogP contribution in [0.15, 0.2) is 71.7 Å². The minimum atomic E-state index is -0.381. The first-order chi connectivity index (χ1) is 16.0. The molecule has 0 unspecified atom stereocenters. The highest BCUT2D eigenvalue weighted by molar-refractivity contribution is 6.04. The first kappa shape index (κ1) is 21.0. The Morgan fingerprint density at radius 1 is 1.06 bits per heavy atom. The zero-order valence-corrected chi connectivity index (χ0v) is 18.6. The second-order valence-electron chi connectivity index (χ2n) is 8.43. The fourth-order valence-corrected chi connectivity index (χ4v) is 4.29. The van der Waals surface area contributed by atoms with E-state index in [1.807, 2.05) is 50.2 Å². The van der Waals surface area contributed by atoms with E-state index in [1.165, 1.54) is 12.1 Å². The molecule has 2 heterocycles. The number of aliphatic imine (C=N–C) groups is 1. The molecule has 3 aromatic carbocycles. The quantitative estimate of drug-likeness (QED) is 0.535. The highest BCUT2D eigenvalue weighted by Crippen LogP contribution is 2.38. The van der Waals surface area contributed by atoms with Crippen LogP contribution in [0, 0.1) is 12.7 Å². The molecular formula is C26H25FN4O2. The molecule has 2 aliphatic rings. The lowest BCUT2D eigenvalue weighted by atomic mass is 10.1. The third kappa shape index (κ3) is 4.26. The molecule has 0 aliphatic carbocycles. The number of nitrogens with zero attached hydrogens (tertiary/aromatic N) is 3. The summed E-state index contributed by atoms with van der Waals surface area (Å²) in [7, 11) is 0. The number of piperazine rings is 1. The molecule has 6 nitrogen and oxygen atoms in total. The molecule has 3 aromatic rings. The van der Waals surface area contributed by atoms with Gasteiger partial charge in [0.25, 0.3) is 0 Å². The number of ether oxygens (including phenoxy) is 1. The molecule has 2 aliphatic heterocycles. The van der Waals surface area contributed by atoms with Crippen LogP contribution in [0.4, 0.5) is 20.6 Å². The molecule has 0 radical (unpaired) electrons. The average molecular weight is 445 g/mol. The number of para-hydroxylation sites is 2. The van der Waals surface area contributed by atoms with Crippen molar-refractivity contribution in [3.05, 3.63) is 83.7 Å². The van der Waals surface area contributed by atoms with Crippen LogP contribution in [0.5, 0.6) is 11.5 Å². The third-order valence-electron chi connectivity index (χ3n) is 5.95. The molecule has 5 rings (SSSR count). The number of amidine groups is 1. The Balaban J connectivity index is 1.40. The number of urea groups is 1. The Morgan fingerprint density at radius 2 is 1.91 bits per heavy atom. The summed E-state index contributed by atoms with van der Waals surface area (Å²) >= 11 is 0. The smallest absolute Gasteiger partial charge is 0.322 e. The second kappa shape index (κ2) is 8.58. The molecule has 0 bridgehead atoms. The van der Waals surface area contributed by atoms with Crippen molar-refractivity contribution in [3.63, 3.8) is 0 Å². The molecule has 0 saturated carbocycles. The number of aryl methyl sites for hydroxylation is 1. The molecule has 1 atom stereocenters. The molecule has 1 N–H and O–H groups in total. The van der Waals surface area contributed by atoms with Crippen LogP contribution >= 0.6 is 0 Å². The molecule has 168 valence electrons. The number of carbonyl (C=O) groups excluding carboxylic acids is 1. The van der Waals surface area contributed by atoms with E-state index < -0.39 is 0 Å². The molecule has 1 fully saturated rings. The fraction of sp³-hybridized carbons (Fsp3) is 0.231. The van der Waals surface area contributed by atoms with E-state index in [-0.39, 0.29) is 17.9 Å². The number of hydrogen-bond acceptors (Lipinski definition) is 4. The van der Waals surface area contributed by atoms with Crippen molar-refractivity contribution in [2.24, 2.45) is 4.99 Å². The Hall–Kier alpha value is -3.87. The van der Waals surface area contributed by atoms with Gasteiger partial charge in [-0.15, -0.1) is 0 Å². The minimum absolute atomic E-state index is 0.0670. The van der Waals surface area contributed by atoms with Gasteiger partial charge in [-0.05, 0) is 56.3 Å². The van der Waals surface area contributed by atoms with E-state index >= 15 is 0 Å². The number of rotatable bonds is 1. The third-order valence-corrected chi connectivity index (χ3v) is 5.95. The molecule has 2 amide bonds. The van der Waals surface area contributed by atoms with E-state index in [1.54, 1.807) is 17.0 Å². The number of amides is 2. The lowest BCUT2D eigenvalue weighted by molar-refractivity contribution is 0.145. The van der Waals surface area contributed by atoms with Gasteiger partial charge in [-0.3, -0.25) is 0 Å². The van der Waals surface area contributed by atoms with Crippen molar-refractivity contribution in [2.45, 2.75) is 19.9 Å². The Bertz CT molecular complexity index is 1240. The number of carbonyl (C=O) groups is 1. The number of hydrogen-bond donors (Lipinski definition) is 1. The number of nitrogens with one attached hydrogen (secondary N) is 1. The second-order valence-corrected chi connectivity index (χ2v) is 8.43. The molecule has 0 aromatic heterocycles. The molecule has 33 heavy (non-hydrogen) atoms. The summed E-state index contributed by atoms with van der Waals surface area (Å²) in [6, 6.07) is 19.5. The van der Waals surface area contributed by atoms with Gasteiger partial charge in [0, 0.05) is 31.4 Å². The first-order valence-corrected chi connectivity index (χ1v) is 11.0. The normalized spacial score (nSPS) is 17.3. The zero-order valence-electron chi connectivity index (χ0n) is 18.6. The molecule has 7 heteroatoms. The first-order valence-electron chi connectivity index (χ1n) is 11.0. The molecular weight excluding hydrogens is 419 g/mol. The van der Waals surface area contributed by atoms with E-state index in [0.717, 1.165) is 34.1 Å². The van der Waals surface area contributed by atoms with Crippen LogP contribution in [-0.2, 0) is 0 Å². The standard InChI is InChI=1S/C26H25FN4O2/c1-17-10-11-23-21(14-17)25(29-22-8-3-4-9-24(22)33-23)30-12-13-31(18(2)16-30)26(32)28-20-7-5-6-19(27)15-20/h3-11,14-15,18H,12-13,16H2,1-2H3,(H,28,32)/t18-/m0/s1. The predicted molar refractivity (Wildman–Crippen MR) is 127 cm³/mol.